The van der Waals surface area contributed by atoms with Gasteiger partial charge in [-0.3, -0.25) is 38.4 Å². The zero-order valence-electron chi connectivity index (χ0n) is 25.8. The lowest BCUT2D eigenvalue weighted by atomic mass is 9.63. The molecule has 4 rings (SSSR count). The molecule has 0 saturated heterocycles. The Bertz CT molecular complexity index is 1530. The summed E-state index contributed by atoms with van der Waals surface area (Å²) in [6.07, 6.45) is -1.34. The van der Waals surface area contributed by atoms with E-state index in [1.54, 1.807) is 0 Å². The van der Waals surface area contributed by atoms with Crippen LogP contribution < -0.4 is 0 Å². The topological polar surface area (TPSA) is 267 Å². The van der Waals surface area contributed by atoms with Gasteiger partial charge in [-0.2, -0.15) is 0 Å². The van der Waals surface area contributed by atoms with Crippen LogP contribution in [0.5, 0.6) is 0 Å². The molecule has 8 atom stereocenters. The summed E-state index contributed by atoms with van der Waals surface area (Å²) in [5.74, 6) is -23.1. The molecule has 0 amide bonds. The molecule has 4 aliphatic rings. The lowest BCUT2D eigenvalue weighted by molar-refractivity contribution is -0.171. The molecule has 0 radical (unpaired) electrons. The molecule has 0 aromatic heterocycles. The van der Waals surface area contributed by atoms with Crippen LogP contribution in [0.1, 0.15) is 53.4 Å². The number of carboxylic acids is 6. The summed E-state index contributed by atoms with van der Waals surface area (Å²) < 4.78 is 5.17. The maximum Gasteiger partial charge on any atom is 0.318 e. The monoisotopic (exact) mass is 658 g/mol. The van der Waals surface area contributed by atoms with Gasteiger partial charge in [0.05, 0.1) is 47.3 Å². The van der Waals surface area contributed by atoms with Gasteiger partial charge >= 0.3 is 47.8 Å². The number of hydrogen-bond donors (Lipinski definition) is 6. The zero-order valence-corrected chi connectivity index (χ0v) is 25.8. The lowest BCUT2D eigenvalue weighted by Crippen LogP contribution is -2.43. The van der Waals surface area contributed by atoms with Crippen LogP contribution in [0, 0.1) is 47.3 Å². The minimum absolute atomic E-state index is 0.0998. The number of hydrogen-bond acceptors (Lipinski definition) is 9. The van der Waals surface area contributed by atoms with Gasteiger partial charge < -0.3 is 35.4 Å². The highest BCUT2D eigenvalue weighted by molar-refractivity contribution is 5.95. The number of rotatable bonds is 8. The van der Waals surface area contributed by atoms with Crippen molar-refractivity contribution in [1.29, 1.82) is 0 Å². The first-order chi connectivity index (χ1) is 21.8. The van der Waals surface area contributed by atoms with Crippen molar-refractivity contribution in [3.05, 3.63) is 44.6 Å². The normalized spacial score (nSPS) is 30.6. The first-order valence-corrected chi connectivity index (χ1v) is 14.7. The summed E-state index contributed by atoms with van der Waals surface area (Å²) in [7, 11) is 0. The predicted octanol–water partition coefficient (Wildman–Crippen LogP) is 2.37. The molecule has 47 heavy (non-hydrogen) atoms. The van der Waals surface area contributed by atoms with Gasteiger partial charge in [-0.1, -0.05) is 22.3 Å². The quantitative estimate of drug-likeness (QED) is 0.161. The summed E-state index contributed by atoms with van der Waals surface area (Å²) in [4.78, 5) is 99.9. The molecule has 4 aliphatic carbocycles. The van der Waals surface area contributed by atoms with Crippen LogP contribution in [-0.4, -0.2) is 78.4 Å². The Kier molecular flexibility index (Phi) is 9.33. The maximum absolute atomic E-state index is 13.6. The molecule has 0 saturated carbocycles. The molecule has 0 heterocycles. The number of allylic oxidation sites excluding steroid dienone is 4. The fraction of sp³-hybridized carbons (Fsp3) is 0.500. The zero-order chi connectivity index (χ0) is 35.4. The van der Waals surface area contributed by atoms with Crippen molar-refractivity contribution in [3.63, 3.8) is 0 Å². The highest BCUT2D eigenvalue weighted by Gasteiger charge is 2.51. The Labute approximate surface area is 266 Å². The van der Waals surface area contributed by atoms with Crippen molar-refractivity contribution in [2.75, 3.05) is 0 Å². The van der Waals surface area contributed by atoms with Gasteiger partial charge in [0, 0.05) is 0 Å². The third-order valence-electron chi connectivity index (χ3n) is 10.3. The Morgan fingerprint density at radius 3 is 0.830 bits per heavy atom. The van der Waals surface area contributed by atoms with E-state index in [2.05, 4.69) is 0 Å². The van der Waals surface area contributed by atoms with Crippen molar-refractivity contribution in [2.24, 2.45) is 47.3 Å². The van der Waals surface area contributed by atoms with E-state index < -0.39 is 95.1 Å². The molecule has 0 aliphatic heterocycles. The van der Waals surface area contributed by atoms with Gasteiger partial charge in [0.2, 0.25) is 0 Å². The molecule has 8 unspecified atom stereocenters. The second-order valence-corrected chi connectivity index (χ2v) is 12.6. The van der Waals surface area contributed by atoms with E-state index in [4.69, 9.17) is 4.74 Å². The van der Waals surface area contributed by atoms with Crippen LogP contribution >= 0.6 is 0 Å². The number of aliphatic carboxylic acids is 6. The molecule has 0 spiro atoms. The second-order valence-electron chi connectivity index (χ2n) is 12.6. The average molecular weight is 659 g/mol. The van der Waals surface area contributed by atoms with E-state index in [0.29, 0.717) is 11.1 Å². The van der Waals surface area contributed by atoms with Crippen molar-refractivity contribution in [1.82, 2.24) is 0 Å². The van der Waals surface area contributed by atoms with Gasteiger partial charge in [0.1, 0.15) is 0 Å². The van der Waals surface area contributed by atoms with Crippen LogP contribution in [0.2, 0.25) is 0 Å². The molecule has 0 bridgehead atoms. The van der Waals surface area contributed by atoms with Crippen LogP contribution in [0.3, 0.4) is 0 Å². The average Bonchev–Trinajstić information content (AvgIpc) is 2.95. The SMILES string of the molecule is CC1=C2CC(C(=O)OC(=O)C3CC4=C(C)C(C(=O)O)C(C(=O)O)CC4=C(C)C3C(=O)O)C(C(=O)O)C(C)=C2CC(C(=O)O)C1C(=O)O. The molecular weight excluding hydrogens is 624 g/mol. The minimum Gasteiger partial charge on any atom is -0.481 e. The maximum atomic E-state index is 13.6. The molecular formula is C32H34O15. The Morgan fingerprint density at radius 2 is 0.617 bits per heavy atom. The predicted molar refractivity (Wildman–Crippen MR) is 154 cm³/mol. The smallest absolute Gasteiger partial charge is 0.318 e. The van der Waals surface area contributed by atoms with E-state index in [1.807, 2.05) is 0 Å². The Morgan fingerprint density at radius 1 is 0.404 bits per heavy atom. The third-order valence-corrected chi connectivity index (χ3v) is 10.3. The first-order valence-electron chi connectivity index (χ1n) is 14.7. The minimum atomic E-state index is -1.57. The standard InChI is InChI=1S/C32H34O15/c1-9-15-7-19(23(29(41)42)11(3)13(15)5-17(25(33)34)21(9)27(37)38)31(45)47-32(46)20-8-16-10(2)22(28(39)40)18(26(35)36)6-14(16)12(4)24(20)30(43)44/h17-24H,5-8H2,1-4H3,(H,33,34)(H,35,36)(H,37,38)(H,39,40)(H,41,42)(H,43,44). The van der Waals surface area contributed by atoms with E-state index in [1.165, 1.54) is 27.7 Å². The molecule has 15 nitrogen and oxygen atoms in total. The van der Waals surface area contributed by atoms with Gasteiger partial charge in [0.15, 0.2) is 0 Å². The van der Waals surface area contributed by atoms with E-state index in [9.17, 15) is 69.0 Å². The van der Waals surface area contributed by atoms with Crippen LogP contribution in [0.15, 0.2) is 44.6 Å². The van der Waals surface area contributed by atoms with Gasteiger partial charge in [0.25, 0.3) is 0 Å². The van der Waals surface area contributed by atoms with Gasteiger partial charge in [-0.05, 0) is 75.7 Å². The summed E-state index contributed by atoms with van der Waals surface area (Å²) in [5, 5.41) is 59.1. The van der Waals surface area contributed by atoms with Crippen molar-refractivity contribution >= 4 is 47.8 Å². The number of carbonyl (C=O) groups excluding carboxylic acids is 2. The van der Waals surface area contributed by atoms with Crippen LogP contribution in [-0.2, 0) is 43.1 Å². The number of esters is 2. The number of carbonyl (C=O) groups is 8. The molecule has 0 aromatic carbocycles. The largest absolute Gasteiger partial charge is 0.481 e. The van der Waals surface area contributed by atoms with E-state index in [0.717, 1.165) is 0 Å². The van der Waals surface area contributed by atoms with Crippen molar-refractivity contribution in [3.8, 4) is 0 Å². The second kappa shape index (κ2) is 12.6. The molecule has 15 heteroatoms. The Hall–Kier alpha value is -5.08. The molecule has 252 valence electrons. The highest BCUT2D eigenvalue weighted by Crippen LogP contribution is 2.51. The number of fused-ring (bicyclic) bond motifs is 2. The molecule has 0 aromatic rings. The highest BCUT2D eigenvalue weighted by atomic mass is 16.6. The van der Waals surface area contributed by atoms with E-state index >= 15 is 0 Å². The lowest BCUT2D eigenvalue weighted by Gasteiger charge is -2.40. The third kappa shape index (κ3) is 5.85. The van der Waals surface area contributed by atoms with Crippen molar-refractivity contribution < 1.29 is 73.7 Å². The van der Waals surface area contributed by atoms with Crippen molar-refractivity contribution in [2.45, 2.75) is 53.4 Å². The molecule has 0 fully saturated rings. The summed E-state index contributed by atoms with van der Waals surface area (Å²) in [5.41, 5.74) is 1.60. The van der Waals surface area contributed by atoms with Crippen LogP contribution in [0.4, 0.5) is 0 Å². The van der Waals surface area contributed by atoms with Gasteiger partial charge in [-0.25, -0.2) is 0 Å². The summed E-state index contributed by atoms with van der Waals surface area (Å²) >= 11 is 0. The van der Waals surface area contributed by atoms with Gasteiger partial charge in [-0.15, -0.1) is 0 Å². The first kappa shape index (κ1) is 34.8. The fourth-order valence-corrected chi connectivity index (χ4v) is 7.98. The summed E-state index contributed by atoms with van der Waals surface area (Å²) in [6.45, 7) is 5.52. The van der Waals surface area contributed by atoms with E-state index in [-0.39, 0.29) is 59.1 Å². The number of carboxylic acid groups (broad SMARTS) is 6. The number of ether oxygens (including phenoxy) is 1. The van der Waals surface area contributed by atoms with Crippen LogP contribution in [0.25, 0.3) is 0 Å². The molecule has 6 N–H and O–H groups in total. The fourth-order valence-electron chi connectivity index (χ4n) is 7.98. The summed E-state index contributed by atoms with van der Waals surface area (Å²) in [6, 6.07) is 0. The Balaban J connectivity index is 1.72.